The van der Waals surface area contributed by atoms with E-state index >= 15 is 0 Å². The lowest BCUT2D eigenvalue weighted by atomic mass is 9.97. The summed E-state index contributed by atoms with van der Waals surface area (Å²) < 4.78 is 13.3. The lowest BCUT2D eigenvalue weighted by Crippen LogP contribution is -2.51. The number of halogens is 1. The zero-order valence-electron chi connectivity index (χ0n) is 14.9. The number of carbonyl (C=O) groups is 2. The zero-order chi connectivity index (χ0) is 17.8. The molecule has 25 heavy (non-hydrogen) atoms. The van der Waals surface area contributed by atoms with E-state index < -0.39 is 0 Å². The molecule has 0 N–H and O–H groups in total. The molecule has 0 bridgehead atoms. The van der Waals surface area contributed by atoms with Crippen molar-refractivity contribution in [3.8, 4) is 0 Å². The van der Waals surface area contributed by atoms with Crippen LogP contribution < -0.4 is 0 Å². The molecule has 3 rings (SSSR count). The SMILES string of the molecule is C[C@@H](CCc1cccc(F)c1)C(=O)N1CCC[C@H](N2CCCC2=O)C1. The summed E-state index contributed by atoms with van der Waals surface area (Å²) in [5, 5.41) is 0. The van der Waals surface area contributed by atoms with E-state index in [0.29, 0.717) is 25.8 Å². The first-order valence-electron chi connectivity index (χ1n) is 9.37. The third kappa shape index (κ3) is 4.39. The molecule has 4 nitrogen and oxygen atoms in total. The molecule has 136 valence electrons. The maximum atomic E-state index is 13.3. The van der Waals surface area contributed by atoms with E-state index in [1.54, 1.807) is 6.07 Å². The Kier molecular flexibility index (Phi) is 5.71. The van der Waals surface area contributed by atoms with Gasteiger partial charge in [-0.05, 0) is 49.8 Å². The first-order chi connectivity index (χ1) is 12.0. The summed E-state index contributed by atoms with van der Waals surface area (Å²) in [6.07, 6.45) is 4.95. The number of nitrogens with zero attached hydrogens (tertiary/aromatic N) is 2. The fourth-order valence-corrected chi connectivity index (χ4v) is 3.98. The molecule has 2 amide bonds. The van der Waals surface area contributed by atoms with Crippen LogP contribution in [0.3, 0.4) is 0 Å². The molecular weight excluding hydrogens is 319 g/mol. The van der Waals surface area contributed by atoms with Gasteiger partial charge in [-0.25, -0.2) is 4.39 Å². The fraction of sp³-hybridized carbons (Fsp3) is 0.600. The standard InChI is InChI=1S/C20H27FN2O2/c1-15(9-10-16-5-2-6-17(21)13-16)20(25)22-11-3-7-18(14-22)23-12-4-8-19(23)24/h2,5-6,13,15,18H,3-4,7-12,14H2,1H3/t15-,18-/m0/s1. The number of hydrogen-bond donors (Lipinski definition) is 0. The molecule has 1 aromatic carbocycles. The molecule has 1 aromatic rings. The molecule has 2 heterocycles. The largest absolute Gasteiger partial charge is 0.340 e. The summed E-state index contributed by atoms with van der Waals surface area (Å²) in [5.74, 6) is 0.0770. The van der Waals surface area contributed by atoms with Crippen LogP contribution in [0.2, 0.25) is 0 Å². The molecule has 0 radical (unpaired) electrons. The Morgan fingerprint density at radius 3 is 2.88 bits per heavy atom. The number of carbonyl (C=O) groups excluding carboxylic acids is 2. The Balaban J connectivity index is 1.53. The number of amides is 2. The third-order valence-corrected chi connectivity index (χ3v) is 5.44. The number of aryl methyl sites for hydroxylation is 1. The molecule has 0 aliphatic carbocycles. The third-order valence-electron chi connectivity index (χ3n) is 5.44. The lowest BCUT2D eigenvalue weighted by molar-refractivity contribution is -0.140. The van der Waals surface area contributed by atoms with E-state index in [-0.39, 0.29) is 29.6 Å². The van der Waals surface area contributed by atoms with Crippen LogP contribution in [0.4, 0.5) is 4.39 Å². The van der Waals surface area contributed by atoms with E-state index in [0.717, 1.165) is 37.9 Å². The highest BCUT2D eigenvalue weighted by atomic mass is 19.1. The summed E-state index contributed by atoms with van der Waals surface area (Å²) in [6, 6.07) is 6.76. The van der Waals surface area contributed by atoms with Gasteiger partial charge in [-0.2, -0.15) is 0 Å². The Labute approximate surface area is 149 Å². The van der Waals surface area contributed by atoms with Crippen LogP contribution in [0.25, 0.3) is 0 Å². The summed E-state index contributed by atoms with van der Waals surface area (Å²) >= 11 is 0. The van der Waals surface area contributed by atoms with Gasteiger partial charge in [0, 0.05) is 38.0 Å². The predicted molar refractivity (Wildman–Crippen MR) is 94.4 cm³/mol. The monoisotopic (exact) mass is 346 g/mol. The molecule has 2 fully saturated rings. The Hall–Kier alpha value is -1.91. The van der Waals surface area contributed by atoms with Gasteiger partial charge in [0.1, 0.15) is 5.82 Å². The van der Waals surface area contributed by atoms with Crippen molar-refractivity contribution in [2.24, 2.45) is 5.92 Å². The maximum Gasteiger partial charge on any atom is 0.225 e. The van der Waals surface area contributed by atoms with Crippen molar-refractivity contribution in [3.63, 3.8) is 0 Å². The van der Waals surface area contributed by atoms with E-state index in [4.69, 9.17) is 0 Å². The van der Waals surface area contributed by atoms with E-state index in [2.05, 4.69) is 0 Å². The molecule has 2 atom stereocenters. The second-order valence-electron chi connectivity index (χ2n) is 7.34. The van der Waals surface area contributed by atoms with Gasteiger partial charge in [0.15, 0.2) is 0 Å². The Bertz CT molecular complexity index is 634. The molecule has 2 saturated heterocycles. The van der Waals surface area contributed by atoms with Crippen molar-refractivity contribution in [1.82, 2.24) is 9.80 Å². The van der Waals surface area contributed by atoms with Crippen LogP contribution in [0.1, 0.15) is 44.6 Å². The highest BCUT2D eigenvalue weighted by Crippen LogP contribution is 2.23. The smallest absolute Gasteiger partial charge is 0.225 e. The summed E-state index contributed by atoms with van der Waals surface area (Å²) in [7, 11) is 0. The van der Waals surface area contributed by atoms with E-state index in [9.17, 15) is 14.0 Å². The van der Waals surface area contributed by atoms with Crippen LogP contribution in [-0.2, 0) is 16.0 Å². The maximum absolute atomic E-state index is 13.3. The molecule has 0 unspecified atom stereocenters. The van der Waals surface area contributed by atoms with Crippen molar-refractivity contribution in [2.75, 3.05) is 19.6 Å². The molecule has 2 aliphatic heterocycles. The highest BCUT2D eigenvalue weighted by Gasteiger charge is 2.33. The van der Waals surface area contributed by atoms with Crippen molar-refractivity contribution < 1.29 is 14.0 Å². The second kappa shape index (κ2) is 7.98. The van der Waals surface area contributed by atoms with E-state index in [1.807, 2.05) is 22.8 Å². The van der Waals surface area contributed by atoms with Crippen molar-refractivity contribution in [2.45, 2.75) is 51.5 Å². The molecule has 0 spiro atoms. The minimum atomic E-state index is -0.231. The number of benzene rings is 1. The van der Waals surface area contributed by atoms with Gasteiger partial charge in [0.25, 0.3) is 0 Å². The van der Waals surface area contributed by atoms with Gasteiger partial charge in [0.05, 0.1) is 0 Å². The van der Waals surface area contributed by atoms with Crippen molar-refractivity contribution >= 4 is 11.8 Å². The van der Waals surface area contributed by atoms with Crippen LogP contribution >= 0.6 is 0 Å². The van der Waals surface area contributed by atoms with Gasteiger partial charge in [-0.15, -0.1) is 0 Å². The molecular formula is C20H27FN2O2. The first kappa shape index (κ1) is 17.9. The minimum Gasteiger partial charge on any atom is -0.340 e. The highest BCUT2D eigenvalue weighted by molar-refractivity contribution is 5.80. The Morgan fingerprint density at radius 2 is 2.16 bits per heavy atom. The van der Waals surface area contributed by atoms with Gasteiger partial charge in [-0.1, -0.05) is 19.1 Å². The number of rotatable bonds is 5. The number of piperidine rings is 1. The average molecular weight is 346 g/mol. The molecule has 5 heteroatoms. The summed E-state index contributed by atoms with van der Waals surface area (Å²) in [6.45, 7) is 4.23. The van der Waals surface area contributed by atoms with Gasteiger partial charge in [0.2, 0.25) is 11.8 Å². The van der Waals surface area contributed by atoms with Gasteiger partial charge in [-0.3, -0.25) is 9.59 Å². The molecule has 0 saturated carbocycles. The average Bonchev–Trinajstić information content (AvgIpc) is 3.05. The first-order valence-corrected chi connectivity index (χ1v) is 9.37. The lowest BCUT2D eigenvalue weighted by Gasteiger charge is -2.38. The second-order valence-corrected chi connectivity index (χ2v) is 7.34. The normalized spacial score (nSPS) is 22.3. The fourth-order valence-electron chi connectivity index (χ4n) is 3.98. The minimum absolute atomic E-state index is 0.0868. The molecule has 0 aromatic heterocycles. The van der Waals surface area contributed by atoms with Crippen molar-refractivity contribution in [1.29, 1.82) is 0 Å². The van der Waals surface area contributed by atoms with Crippen LogP contribution in [0.5, 0.6) is 0 Å². The van der Waals surface area contributed by atoms with E-state index in [1.165, 1.54) is 12.1 Å². The Morgan fingerprint density at radius 1 is 1.32 bits per heavy atom. The van der Waals surface area contributed by atoms with Gasteiger partial charge < -0.3 is 9.80 Å². The number of hydrogen-bond acceptors (Lipinski definition) is 2. The zero-order valence-corrected chi connectivity index (χ0v) is 14.9. The van der Waals surface area contributed by atoms with Crippen molar-refractivity contribution in [3.05, 3.63) is 35.6 Å². The summed E-state index contributed by atoms with van der Waals surface area (Å²) in [4.78, 5) is 28.6. The van der Waals surface area contributed by atoms with Gasteiger partial charge >= 0.3 is 0 Å². The summed E-state index contributed by atoms with van der Waals surface area (Å²) in [5.41, 5.74) is 0.929. The molecule has 2 aliphatic rings. The number of likely N-dealkylation sites (tertiary alicyclic amines) is 2. The quantitative estimate of drug-likeness (QED) is 0.822. The predicted octanol–water partition coefficient (Wildman–Crippen LogP) is 3.01. The van der Waals surface area contributed by atoms with Crippen LogP contribution in [0, 0.1) is 11.7 Å². The topological polar surface area (TPSA) is 40.6 Å². The van der Waals surface area contributed by atoms with Crippen LogP contribution in [0.15, 0.2) is 24.3 Å². The van der Waals surface area contributed by atoms with Crippen LogP contribution in [-0.4, -0.2) is 47.3 Å².